The second-order valence-corrected chi connectivity index (χ2v) is 7.78. The van der Waals surface area contributed by atoms with Crippen LogP contribution in [0.15, 0.2) is 62.6 Å². The van der Waals surface area contributed by atoms with Crippen LogP contribution >= 0.6 is 0 Å². The van der Waals surface area contributed by atoms with Crippen molar-refractivity contribution < 1.29 is 31.7 Å². The van der Waals surface area contributed by atoms with Gasteiger partial charge in [-0.2, -0.15) is 0 Å². The SMILES string of the molecule is Cc1cc(NC(=O)COC(=O)c2occc2CS(=O)(=O)c2ccccc2)no1. The van der Waals surface area contributed by atoms with E-state index in [4.69, 9.17) is 13.7 Å². The molecule has 3 aromatic rings. The summed E-state index contributed by atoms with van der Waals surface area (Å²) in [7, 11) is -3.67. The van der Waals surface area contributed by atoms with Crippen molar-refractivity contribution in [1.82, 2.24) is 5.16 Å². The molecule has 10 heteroatoms. The fourth-order valence-electron chi connectivity index (χ4n) is 2.35. The smallest absolute Gasteiger partial charge is 0.375 e. The summed E-state index contributed by atoms with van der Waals surface area (Å²) in [5.74, 6) is -1.60. The molecule has 2 aromatic heterocycles. The molecule has 1 N–H and O–H groups in total. The van der Waals surface area contributed by atoms with Crippen molar-refractivity contribution in [1.29, 1.82) is 0 Å². The molecule has 146 valence electrons. The standard InChI is InChI=1S/C18H16N2O7S/c1-12-9-15(20-27-12)19-16(21)10-26-18(22)17-13(7-8-25-17)11-28(23,24)14-5-3-2-4-6-14/h2-9H,10-11H2,1H3,(H,19,20,21). The third-order valence-electron chi connectivity index (χ3n) is 3.61. The van der Waals surface area contributed by atoms with Crippen LogP contribution in [0.1, 0.15) is 21.9 Å². The van der Waals surface area contributed by atoms with E-state index in [1.807, 2.05) is 0 Å². The number of ether oxygens (including phenoxy) is 1. The van der Waals surface area contributed by atoms with E-state index in [1.165, 1.54) is 30.5 Å². The van der Waals surface area contributed by atoms with E-state index in [-0.39, 0.29) is 22.0 Å². The third-order valence-corrected chi connectivity index (χ3v) is 5.29. The molecule has 0 atom stereocenters. The van der Waals surface area contributed by atoms with Gasteiger partial charge in [-0.05, 0) is 25.1 Å². The summed E-state index contributed by atoms with van der Waals surface area (Å²) in [5.41, 5.74) is 0.140. The first-order chi connectivity index (χ1) is 13.3. The lowest BCUT2D eigenvalue weighted by molar-refractivity contribution is -0.119. The largest absolute Gasteiger partial charge is 0.457 e. The zero-order chi connectivity index (χ0) is 20.1. The molecule has 0 aliphatic heterocycles. The fourth-order valence-corrected chi connectivity index (χ4v) is 3.72. The van der Waals surface area contributed by atoms with E-state index >= 15 is 0 Å². The van der Waals surface area contributed by atoms with Crippen LogP contribution in [0.4, 0.5) is 5.82 Å². The molecule has 0 saturated carbocycles. The average molecular weight is 404 g/mol. The minimum atomic E-state index is -3.67. The van der Waals surface area contributed by atoms with Crippen LogP contribution in [0.2, 0.25) is 0 Å². The Labute approximate surface area is 160 Å². The average Bonchev–Trinajstić information content (AvgIpc) is 3.29. The van der Waals surface area contributed by atoms with Gasteiger partial charge in [0.05, 0.1) is 16.9 Å². The Morgan fingerprint density at radius 2 is 1.93 bits per heavy atom. The number of sulfone groups is 1. The first kappa shape index (κ1) is 19.4. The number of esters is 1. The van der Waals surface area contributed by atoms with Crippen molar-refractivity contribution in [3.05, 3.63) is 65.8 Å². The van der Waals surface area contributed by atoms with Gasteiger partial charge in [-0.25, -0.2) is 13.2 Å². The predicted molar refractivity (Wildman–Crippen MR) is 96.2 cm³/mol. The van der Waals surface area contributed by atoms with Crippen molar-refractivity contribution in [3.8, 4) is 0 Å². The molecule has 0 unspecified atom stereocenters. The van der Waals surface area contributed by atoms with Gasteiger partial charge in [-0.15, -0.1) is 0 Å². The fraction of sp³-hybridized carbons (Fsp3) is 0.167. The lowest BCUT2D eigenvalue weighted by Gasteiger charge is -2.06. The van der Waals surface area contributed by atoms with E-state index in [0.717, 1.165) is 0 Å². The summed E-state index contributed by atoms with van der Waals surface area (Å²) in [6.07, 6.45) is 1.19. The normalized spacial score (nSPS) is 11.2. The van der Waals surface area contributed by atoms with Gasteiger partial charge in [0.15, 0.2) is 22.3 Å². The van der Waals surface area contributed by atoms with Crippen LogP contribution in [-0.4, -0.2) is 32.1 Å². The van der Waals surface area contributed by atoms with Crippen LogP contribution in [0.5, 0.6) is 0 Å². The van der Waals surface area contributed by atoms with E-state index in [9.17, 15) is 18.0 Å². The number of aryl methyl sites for hydroxylation is 1. The first-order valence-electron chi connectivity index (χ1n) is 8.09. The van der Waals surface area contributed by atoms with Gasteiger partial charge >= 0.3 is 5.97 Å². The highest BCUT2D eigenvalue weighted by Gasteiger charge is 2.24. The predicted octanol–water partition coefficient (Wildman–Crippen LogP) is 2.35. The molecule has 1 aromatic carbocycles. The zero-order valence-electron chi connectivity index (χ0n) is 14.7. The number of nitrogens with one attached hydrogen (secondary N) is 1. The van der Waals surface area contributed by atoms with Crippen molar-refractivity contribution in [2.75, 3.05) is 11.9 Å². The van der Waals surface area contributed by atoms with Crippen LogP contribution in [0.25, 0.3) is 0 Å². The molecule has 0 radical (unpaired) electrons. The molecule has 0 spiro atoms. The second kappa shape index (κ2) is 8.09. The highest BCUT2D eigenvalue weighted by molar-refractivity contribution is 7.90. The van der Waals surface area contributed by atoms with Crippen molar-refractivity contribution >= 4 is 27.5 Å². The van der Waals surface area contributed by atoms with Crippen molar-refractivity contribution in [2.24, 2.45) is 0 Å². The third kappa shape index (κ3) is 4.65. The molecule has 3 rings (SSSR count). The number of anilines is 1. The highest BCUT2D eigenvalue weighted by Crippen LogP contribution is 2.20. The molecule has 9 nitrogen and oxygen atoms in total. The number of benzene rings is 1. The Balaban J connectivity index is 1.62. The minimum absolute atomic E-state index is 0.123. The molecule has 0 saturated heterocycles. The van der Waals surface area contributed by atoms with Crippen LogP contribution < -0.4 is 5.32 Å². The summed E-state index contributed by atoms with van der Waals surface area (Å²) >= 11 is 0. The molecule has 0 aliphatic rings. The van der Waals surface area contributed by atoms with Gasteiger partial charge in [0.1, 0.15) is 5.76 Å². The Hall–Kier alpha value is -3.40. The number of hydrogen-bond donors (Lipinski definition) is 1. The van der Waals surface area contributed by atoms with Gasteiger partial charge in [-0.3, -0.25) is 4.79 Å². The molecular weight excluding hydrogens is 388 g/mol. The maximum absolute atomic E-state index is 12.5. The Morgan fingerprint density at radius 3 is 2.61 bits per heavy atom. The Bertz CT molecular complexity index is 1080. The summed E-state index contributed by atoms with van der Waals surface area (Å²) in [4.78, 5) is 24.1. The molecule has 0 bridgehead atoms. The van der Waals surface area contributed by atoms with Crippen LogP contribution in [0, 0.1) is 6.92 Å². The summed E-state index contributed by atoms with van der Waals surface area (Å²) in [5, 5.41) is 5.97. The van der Waals surface area contributed by atoms with Gasteiger partial charge in [-0.1, -0.05) is 23.4 Å². The van der Waals surface area contributed by atoms with Crippen molar-refractivity contribution in [3.63, 3.8) is 0 Å². The quantitative estimate of drug-likeness (QED) is 0.594. The number of rotatable bonds is 7. The van der Waals surface area contributed by atoms with Gasteiger partial charge in [0, 0.05) is 11.6 Å². The van der Waals surface area contributed by atoms with Crippen LogP contribution in [-0.2, 0) is 25.1 Å². The molecule has 28 heavy (non-hydrogen) atoms. The minimum Gasteiger partial charge on any atom is -0.457 e. The Kier molecular flexibility index (Phi) is 5.59. The molecule has 2 heterocycles. The first-order valence-corrected chi connectivity index (χ1v) is 9.75. The van der Waals surface area contributed by atoms with E-state index < -0.39 is 34.1 Å². The monoisotopic (exact) mass is 404 g/mol. The van der Waals surface area contributed by atoms with Gasteiger partial charge < -0.3 is 19.0 Å². The van der Waals surface area contributed by atoms with E-state index in [1.54, 1.807) is 25.1 Å². The molecular formula is C18H16N2O7S. The van der Waals surface area contributed by atoms with E-state index in [0.29, 0.717) is 5.76 Å². The number of nitrogens with zero attached hydrogens (tertiary/aromatic N) is 1. The molecule has 0 aliphatic carbocycles. The van der Waals surface area contributed by atoms with Gasteiger partial charge in [0.25, 0.3) is 5.91 Å². The number of amides is 1. The number of furan rings is 1. The maximum atomic E-state index is 12.5. The molecule has 1 amide bonds. The van der Waals surface area contributed by atoms with E-state index in [2.05, 4.69) is 10.5 Å². The maximum Gasteiger partial charge on any atom is 0.375 e. The molecule has 0 fully saturated rings. The van der Waals surface area contributed by atoms with Gasteiger partial charge in [0.2, 0.25) is 5.76 Å². The second-order valence-electron chi connectivity index (χ2n) is 5.79. The number of hydrogen-bond acceptors (Lipinski definition) is 8. The summed E-state index contributed by atoms with van der Waals surface area (Å²) in [6.45, 7) is 1.06. The zero-order valence-corrected chi connectivity index (χ0v) is 15.6. The lowest BCUT2D eigenvalue weighted by Crippen LogP contribution is -2.21. The van der Waals surface area contributed by atoms with Crippen LogP contribution in [0.3, 0.4) is 0 Å². The topological polar surface area (TPSA) is 129 Å². The number of carbonyl (C=O) groups is 2. The van der Waals surface area contributed by atoms with Crippen molar-refractivity contribution in [2.45, 2.75) is 17.6 Å². The summed E-state index contributed by atoms with van der Waals surface area (Å²) in [6, 6.07) is 10.7. The summed E-state index contributed by atoms with van der Waals surface area (Å²) < 4.78 is 39.7. The number of aromatic nitrogens is 1. The highest BCUT2D eigenvalue weighted by atomic mass is 32.2. The Morgan fingerprint density at radius 1 is 1.18 bits per heavy atom. The lowest BCUT2D eigenvalue weighted by atomic mass is 10.3. The number of carbonyl (C=O) groups excluding carboxylic acids is 2.